The number of thioether (sulfide) groups is 1. The van der Waals surface area contributed by atoms with Crippen LogP contribution in [0.5, 0.6) is 0 Å². The first-order chi connectivity index (χ1) is 22.0. The van der Waals surface area contributed by atoms with E-state index in [1.54, 1.807) is 6.20 Å². The van der Waals surface area contributed by atoms with Crippen LogP contribution < -0.4 is 10.9 Å². The molecular weight excluding hydrogens is 590 g/mol. The topological polar surface area (TPSA) is 166 Å². The van der Waals surface area contributed by atoms with Crippen LogP contribution in [-0.4, -0.2) is 54.6 Å². The highest BCUT2D eigenvalue weighted by atomic mass is 32.2. The van der Waals surface area contributed by atoms with E-state index in [0.717, 1.165) is 61.4 Å². The van der Waals surface area contributed by atoms with Crippen LogP contribution in [-0.2, 0) is 9.59 Å². The second-order valence-electron chi connectivity index (χ2n) is 10.4. The molecule has 4 N–H and O–H groups in total. The number of H-pyrrole nitrogens is 2. The molecule has 0 saturated heterocycles. The van der Waals surface area contributed by atoms with Gasteiger partial charge in [-0.25, -0.2) is 10.9 Å². The summed E-state index contributed by atoms with van der Waals surface area (Å²) in [5.41, 5.74) is 13.6. The molecule has 0 bridgehead atoms. The van der Waals surface area contributed by atoms with Gasteiger partial charge >= 0.3 is 0 Å². The van der Waals surface area contributed by atoms with Gasteiger partial charge in [0, 0.05) is 53.7 Å². The zero-order valence-electron chi connectivity index (χ0n) is 24.1. The summed E-state index contributed by atoms with van der Waals surface area (Å²) in [5, 5.41) is 18.9. The third-order valence-electron chi connectivity index (χ3n) is 7.47. The molecule has 12 nitrogen and oxygen atoms in total. The van der Waals surface area contributed by atoms with Crippen LogP contribution >= 0.6 is 11.8 Å². The van der Waals surface area contributed by atoms with Gasteiger partial charge in [0.05, 0.1) is 22.8 Å². The maximum Gasteiger partial charge on any atom is 0.276 e. The van der Waals surface area contributed by atoms with E-state index in [1.807, 2.05) is 60.9 Å². The third-order valence-corrected chi connectivity index (χ3v) is 7.98. The highest BCUT2D eigenvalue weighted by Gasteiger charge is 2.16. The van der Waals surface area contributed by atoms with Crippen molar-refractivity contribution in [3.63, 3.8) is 0 Å². The van der Waals surface area contributed by atoms with Crippen molar-refractivity contribution in [1.82, 2.24) is 36.0 Å². The van der Waals surface area contributed by atoms with Gasteiger partial charge in [-0.05, 0) is 65.9 Å². The second-order valence-corrected chi connectivity index (χ2v) is 11.2. The van der Waals surface area contributed by atoms with E-state index in [2.05, 4.69) is 58.3 Å². The van der Waals surface area contributed by atoms with Crippen molar-refractivity contribution in [3.8, 4) is 23.0 Å². The number of rotatable bonds is 5. The van der Waals surface area contributed by atoms with E-state index < -0.39 is 0 Å². The number of pyridine rings is 1. The molecule has 4 aromatic heterocycles. The Hall–Kier alpha value is -5.56. The number of aromatic nitrogens is 5. The van der Waals surface area contributed by atoms with Crippen molar-refractivity contribution in [2.24, 2.45) is 10.2 Å². The number of hydrogen-bond acceptors (Lipinski definition) is 9. The molecule has 0 atom stereocenters. The Morgan fingerprint density at radius 2 is 1.33 bits per heavy atom. The van der Waals surface area contributed by atoms with Crippen molar-refractivity contribution in [2.75, 3.05) is 6.26 Å². The van der Waals surface area contributed by atoms with Crippen LogP contribution in [0, 0.1) is 0 Å². The van der Waals surface area contributed by atoms with E-state index in [4.69, 9.17) is 4.42 Å². The average Bonchev–Trinajstić information content (AvgIpc) is 3.84. The first kappa shape index (κ1) is 28.2. The van der Waals surface area contributed by atoms with Gasteiger partial charge in [-0.3, -0.25) is 14.6 Å². The molecule has 0 aliphatic carbocycles. The van der Waals surface area contributed by atoms with E-state index in [0.29, 0.717) is 36.8 Å². The monoisotopic (exact) mass is 617 g/mol. The molecule has 2 aliphatic rings. The van der Waals surface area contributed by atoms with Gasteiger partial charge in [-0.15, -0.1) is 10.2 Å². The maximum absolute atomic E-state index is 11.2. The van der Waals surface area contributed by atoms with E-state index in [-0.39, 0.29) is 11.8 Å². The lowest BCUT2D eigenvalue weighted by Gasteiger charge is -2.11. The van der Waals surface area contributed by atoms with E-state index in [1.165, 1.54) is 11.8 Å². The predicted molar refractivity (Wildman–Crippen MR) is 173 cm³/mol. The summed E-state index contributed by atoms with van der Waals surface area (Å²) in [7, 11) is 0. The Morgan fingerprint density at radius 3 is 1.87 bits per heavy atom. The third kappa shape index (κ3) is 6.10. The van der Waals surface area contributed by atoms with Crippen molar-refractivity contribution in [3.05, 3.63) is 84.1 Å². The van der Waals surface area contributed by atoms with Crippen LogP contribution in [0.25, 0.3) is 44.8 Å². The lowest BCUT2D eigenvalue weighted by Crippen LogP contribution is -2.25. The molecule has 0 spiro atoms. The molecular formula is C32H27N9O3S. The number of fused-ring (bicyclic) bond motifs is 2. The SMILES string of the molecule is CSc1nnc(-c2cc3cc(C4=NNC(=O)CC4)ccc3[nH]2)o1.O=C1CCC(c2ccc3[nH]c(-c4ccccn4)cc3c2)=NN1. The molecule has 0 fully saturated rings. The molecule has 0 unspecified atom stereocenters. The van der Waals surface area contributed by atoms with Gasteiger partial charge in [0.2, 0.25) is 11.8 Å². The standard InChI is InChI=1S/C17H14N4O.C15H13N5O2S/c22-17-7-6-14(20-21-17)11-4-5-13-12(9-11)10-16(19-13)15-3-1-2-8-18-15;1-23-15-20-19-14(22-15)12-7-9-6-8(2-3-10(9)16-12)11-4-5-13(21)18-17-11/h1-5,8-10,19H,6-7H2,(H,21,22);2-3,6-7,16H,4-5H2,1H3,(H,18,21). The van der Waals surface area contributed by atoms with E-state index in [9.17, 15) is 9.59 Å². The minimum atomic E-state index is -0.0419. The predicted octanol–water partition coefficient (Wildman–Crippen LogP) is 5.40. The van der Waals surface area contributed by atoms with E-state index >= 15 is 0 Å². The van der Waals surface area contributed by atoms with Crippen LogP contribution in [0.2, 0.25) is 0 Å². The molecule has 2 aromatic carbocycles. The zero-order chi connectivity index (χ0) is 30.8. The minimum Gasteiger partial charge on any atom is -0.410 e. The molecule has 2 aliphatic heterocycles. The van der Waals surface area contributed by atoms with Gasteiger partial charge in [-0.2, -0.15) is 10.2 Å². The first-order valence-electron chi connectivity index (χ1n) is 14.3. The molecule has 6 heterocycles. The van der Waals surface area contributed by atoms with Crippen molar-refractivity contribution < 1.29 is 14.0 Å². The summed E-state index contributed by atoms with van der Waals surface area (Å²) >= 11 is 1.41. The summed E-state index contributed by atoms with van der Waals surface area (Å²) < 4.78 is 5.55. The summed E-state index contributed by atoms with van der Waals surface area (Å²) in [6.07, 6.45) is 5.95. The van der Waals surface area contributed by atoms with Crippen LogP contribution in [0.3, 0.4) is 0 Å². The average molecular weight is 618 g/mol. The van der Waals surface area contributed by atoms with Crippen molar-refractivity contribution in [1.29, 1.82) is 0 Å². The van der Waals surface area contributed by atoms with Gasteiger partial charge in [0.15, 0.2) is 0 Å². The summed E-state index contributed by atoms with van der Waals surface area (Å²) in [6, 6.07) is 22.1. The van der Waals surface area contributed by atoms with Gasteiger partial charge in [0.25, 0.3) is 11.1 Å². The lowest BCUT2D eigenvalue weighted by atomic mass is 10.0. The normalized spacial score (nSPS) is 14.8. The highest BCUT2D eigenvalue weighted by molar-refractivity contribution is 7.98. The maximum atomic E-state index is 11.2. The Morgan fingerprint density at radius 1 is 0.711 bits per heavy atom. The number of carbonyl (C=O) groups is 2. The number of hydrazone groups is 2. The van der Waals surface area contributed by atoms with Crippen LogP contribution in [0.15, 0.2) is 92.8 Å². The Labute approximate surface area is 260 Å². The fourth-order valence-corrected chi connectivity index (χ4v) is 5.45. The molecule has 2 amide bonds. The van der Waals surface area contributed by atoms with Gasteiger partial charge in [-0.1, -0.05) is 30.0 Å². The number of carbonyl (C=O) groups excluding carboxylic acids is 2. The van der Waals surface area contributed by atoms with Crippen molar-refractivity contribution >= 4 is 56.8 Å². The number of hydrogen-bond donors (Lipinski definition) is 4. The Bertz CT molecular complexity index is 2110. The quantitative estimate of drug-likeness (QED) is 0.188. The molecule has 45 heavy (non-hydrogen) atoms. The molecule has 13 heteroatoms. The number of aromatic amines is 2. The summed E-state index contributed by atoms with van der Waals surface area (Å²) in [4.78, 5) is 33.4. The van der Waals surface area contributed by atoms with Crippen LogP contribution in [0.1, 0.15) is 36.8 Å². The molecule has 6 aromatic rings. The fraction of sp³-hybridized carbons (Fsp3) is 0.156. The molecule has 224 valence electrons. The van der Waals surface area contributed by atoms with Gasteiger partial charge in [0.1, 0.15) is 5.69 Å². The summed E-state index contributed by atoms with van der Waals surface area (Å²) in [5.74, 6) is 0.401. The van der Waals surface area contributed by atoms with Crippen LogP contribution in [0.4, 0.5) is 0 Å². The lowest BCUT2D eigenvalue weighted by molar-refractivity contribution is -0.122. The minimum absolute atomic E-state index is 0.0242. The number of nitrogens with zero attached hydrogens (tertiary/aromatic N) is 5. The second kappa shape index (κ2) is 12.2. The highest BCUT2D eigenvalue weighted by Crippen LogP contribution is 2.27. The number of nitrogens with one attached hydrogen (secondary N) is 4. The Kier molecular flexibility index (Phi) is 7.66. The molecule has 0 saturated carbocycles. The molecule has 8 rings (SSSR count). The smallest absolute Gasteiger partial charge is 0.276 e. The number of benzene rings is 2. The van der Waals surface area contributed by atoms with Crippen molar-refractivity contribution in [2.45, 2.75) is 30.9 Å². The largest absolute Gasteiger partial charge is 0.410 e. The summed E-state index contributed by atoms with van der Waals surface area (Å²) in [6.45, 7) is 0. The molecule has 0 radical (unpaired) electrons. The fourth-order valence-electron chi connectivity index (χ4n) is 5.17. The first-order valence-corrected chi connectivity index (χ1v) is 15.5. The van der Waals surface area contributed by atoms with Gasteiger partial charge < -0.3 is 14.4 Å². The Balaban J connectivity index is 0.000000145. The number of amides is 2. The zero-order valence-corrected chi connectivity index (χ0v) is 24.9.